The number of ether oxygens (including phenoxy) is 3. The van der Waals surface area contributed by atoms with Crippen molar-refractivity contribution in [3.05, 3.63) is 0 Å². The summed E-state index contributed by atoms with van der Waals surface area (Å²) in [6.07, 6.45) is 0.715. The second-order valence-corrected chi connectivity index (χ2v) is 4.48. The van der Waals surface area contributed by atoms with E-state index < -0.39 is 10.1 Å². The average molecular weight is 290 g/mol. The third kappa shape index (κ3) is 36.1. The van der Waals surface area contributed by atoms with Crippen molar-refractivity contribution in [1.29, 1.82) is 0 Å². The molecule has 3 N–H and O–H groups in total. The van der Waals surface area contributed by atoms with Crippen molar-refractivity contribution in [3.8, 4) is 0 Å². The van der Waals surface area contributed by atoms with Crippen LogP contribution in [0.1, 0.15) is 0 Å². The first-order chi connectivity index (χ1) is 8.41. The van der Waals surface area contributed by atoms with Gasteiger partial charge in [0.05, 0.1) is 59.1 Å². The molecule has 112 valence electrons. The van der Waals surface area contributed by atoms with Gasteiger partial charge >= 0.3 is 0 Å². The summed E-state index contributed by atoms with van der Waals surface area (Å²) < 4.78 is 40.9. The molecule has 0 aromatic heterocycles. The Bertz CT molecular complexity index is 223. The monoisotopic (exact) mass is 290 g/mol. The Morgan fingerprint density at radius 1 is 0.778 bits per heavy atom. The van der Waals surface area contributed by atoms with Crippen LogP contribution in [0.2, 0.25) is 0 Å². The van der Waals surface area contributed by atoms with E-state index in [1.807, 2.05) is 0 Å². The lowest BCUT2D eigenvalue weighted by molar-refractivity contribution is 0.00230. The third-order valence-electron chi connectivity index (χ3n) is 1.22. The van der Waals surface area contributed by atoms with E-state index in [2.05, 4.69) is 0 Å². The van der Waals surface area contributed by atoms with Crippen LogP contribution < -0.4 is 0 Å². The topological polar surface area (TPSA) is 123 Å². The minimum absolute atomic E-state index is 0.0413. The van der Waals surface area contributed by atoms with Gasteiger partial charge in [0.15, 0.2) is 0 Å². The summed E-state index contributed by atoms with van der Waals surface area (Å²) in [6.45, 7) is 2.76. The van der Waals surface area contributed by atoms with E-state index in [0.29, 0.717) is 45.9 Å². The van der Waals surface area contributed by atoms with Gasteiger partial charge in [0.25, 0.3) is 10.1 Å². The van der Waals surface area contributed by atoms with Crippen LogP contribution in [0.4, 0.5) is 0 Å². The van der Waals surface area contributed by atoms with Crippen molar-refractivity contribution in [1.82, 2.24) is 0 Å². The van der Waals surface area contributed by atoms with E-state index in [-0.39, 0.29) is 13.2 Å². The van der Waals surface area contributed by atoms with Crippen LogP contribution in [0.3, 0.4) is 0 Å². The van der Waals surface area contributed by atoms with E-state index in [9.17, 15) is 8.42 Å². The molecule has 0 heterocycles. The Labute approximate surface area is 107 Å². The van der Waals surface area contributed by atoms with Crippen LogP contribution >= 0.6 is 0 Å². The Morgan fingerprint density at radius 2 is 1.00 bits per heavy atom. The molecule has 0 radical (unpaired) electrons. The standard InChI is InChI=1S/C8H18O5.CH4O3S/c9-1-3-11-5-7-13-8-6-12-4-2-10;1-5(2,3)4/h9-10H,1-8H2;1H3,(H,2,3,4). The van der Waals surface area contributed by atoms with Gasteiger partial charge in [-0.3, -0.25) is 4.55 Å². The highest BCUT2D eigenvalue weighted by molar-refractivity contribution is 7.85. The van der Waals surface area contributed by atoms with Gasteiger partial charge in [-0.1, -0.05) is 0 Å². The Kier molecular flexibility index (Phi) is 16.4. The number of hydrogen-bond donors (Lipinski definition) is 3. The first-order valence-electron chi connectivity index (χ1n) is 5.29. The van der Waals surface area contributed by atoms with Crippen LogP contribution in [0, 0.1) is 0 Å². The lowest BCUT2D eigenvalue weighted by Gasteiger charge is -2.04. The zero-order valence-corrected chi connectivity index (χ0v) is 11.3. The van der Waals surface area contributed by atoms with Crippen molar-refractivity contribution < 1.29 is 37.4 Å². The summed E-state index contributed by atoms with van der Waals surface area (Å²) in [7, 11) is -3.67. The van der Waals surface area contributed by atoms with Crippen LogP contribution in [-0.2, 0) is 24.3 Å². The van der Waals surface area contributed by atoms with Crippen molar-refractivity contribution >= 4 is 10.1 Å². The summed E-state index contributed by atoms with van der Waals surface area (Å²) in [4.78, 5) is 0. The minimum Gasteiger partial charge on any atom is -0.394 e. The van der Waals surface area contributed by atoms with Gasteiger partial charge < -0.3 is 24.4 Å². The van der Waals surface area contributed by atoms with E-state index in [1.54, 1.807) is 0 Å². The molecule has 0 bridgehead atoms. The molecule has 0 aromatic carbocycles. The minimum atomic E-state index is -3.67. The number of aliphatic hydroxyl groups is 2. The van der Waals surface area contributed by atoms with Crippen LogP contribution in [-0.4, -0.2) is 82.3 Å². The molecular weight excluding hydrogens is 268 g/mol. The molecule has 0 rings (SSSR count). The quantitative estimate of drug-likeness (QED) is 0.329. The summed E-state index contributed by atoms with van der Waals surface area (Å²) in [6, 6.07) is 0. The molecule has 0 saturated carbocycles. The number of rotatable bonds is 10. The molecule has 0 fully saturated rings. The predicted octanol–water partition coefficient (Wildman–Crippen LogP) is -1.48. The Hall–Kier alpha value is -0.290. The Morgan fingerprint density at radius 3 is 1.22 bits per heavy atom. The van der Waals surface area contributed by atoms with Gasteiger partial charge in [0.1, 0.15) is 0 Å². The molecule has 0 atom stereocenters. The molecule has 0 spiro atoms. The summed E-state index contributed by atoms with van der Waals surface area (Å²) in [5.74, 6) is 0. The SMILES string of the molecule is CS(=O)(=O)O.OCCOCCOCCOCCO. The second kappa shape index (κ2) is 14.8. The summed E-state index contributed by atoms with van der Waals surface area (Å²) in [5, 5.41) is 16.7. The van der Waals surface area contributed by atoms with Gasteiger partial charge in [-0.15, -0.1) is 0 Å². The maximum absolute atomic E-state index is 9.19. The van der Waals surface area contributed by atoms with Crippen molar-refractivity contribution in [2.24, 2.45) is 0 Å². The molecule has 18 heavy (non-hydrogen) atoms. The van der Waals surface area contributed by atoms with E-state index >= 15 is 0 Å². The van der Waals surface area contributed by atoms with Crippen LogP contribution in [0.15, 0.2) is 0 Å². The molecule has 0 amide bonds. The Balaban J connectivity index is 0. The first-order valence-corrected chi connectivity index (χ1v) is 7.14. The van der Waals surface area contributed by atoms with Gasteiger partial charge in [-0.05, 0) is 0 Å². The highest BCUT2D eigenvalue weighted by Gasteiger charge is 1.89. The smallest absolute Gasteiger partial charge is 0.261 e. The fraction of sp³-hybridized carbons (Fsp3) is 1.00. The number of hydrogen-bond acceptors (Lipinski definition) is 7. The highest BCUT2D eigenvalue weighted by atomic mass is 32.2. The molecule has 8 nitrogen and oxygen atoms in total. The van der Waals surface area contributed by atoms with E-state index in [0.717, 1.165) is 0 Å². The normalized spacial score (nSPS) is 10.9. The fourth-order valence-electron chi connectivity index (χ4n) is 0.671. The molecular formula is C9H22O8S. The largest absolute Gasteiger partial charge is 0.394 e. The van der Waals surface area contributed by atoms with Gasteiger partial charge in [0.2, 0.25) is 0 Å². The zero-order chi connectivity index (χ0) is 14.3. The van der Waals surface area contributed by atoms with Gasteiger partial charge in [-0.2, -0.15) is 8.42 Å². The van der Waals surface area contributed by atoms with Crippen molar-refractivity contribution in [2.45, 2.75) is 0 Å². The first kappa shape index (κ1) is 20.0. The lowest BCUT2D eigenvalue weighted by Crippen LogP contribution is -2.11. The maximum Gasteiger partial charge on any atom is 0.261 e. The molecule has 0 unspecified atom stereocenters. The molecule has 0 aliphatic carbocycles. The summed E-state index contributed by atoms with van der Waals surface area (Å²) in [5.41, 5.74) is 0. The second-order valence-electron chi connectivity index (χ2n) is 3.02. The fourth-order valence-corrected chi connectivity index (χ4v) is 0.671. The van der Waals surface area contributed by atoms with Gasteiger partial charge in [0, 0.05) is 0 Å². The number of aliphatic hydroxyl groups excluding tert-OH is 2. The average Bonchev–Trinajstić information content (AvgIpc) is 2.25. The van der Waals surface area contributed by atoms with Crippen molar-refractivity contribution in [3.63, 3.8) is 0 Å². The van der Waals surface area contributed by atoms with E-state index in [4.69, 9.17) is 29.0 Å². The van der Waals surface area contributed by atoms with Crippen LogP contribution in [0.25, 0.3) is 0 Å². The van der Waals surface area contributed by atoms with Crippen molar-refractivity contribution in [2.75, 3.05) is 59.1 Å². The molecule has 9 heteroatoms. The summed E-state index contributed by atoms with van der Waals surface area (Å²) >= 11 is 0. The molecule has 0 aliphatic rings. The molecule has 0 aromatic rings. The molecule has 0 saturated heterocycles. The van der Waals surface area contributed by atoms with Gasteiger partial charge in [-0.25, -0.2) is 0 Å². The lowest BCUT2D eigenvalue weighted by atomic mass is 10.7. The van der Waals surface area contributed by atoms with Crippen LogP contribution in [0.5, 0.6) is 0 Å². The highest BCUT2D eigenvalue weighted by Crippen LogP contribution is 1.80. The molecule has 0 aliphatic heterocycles. The third-order valence-corrected chi connectivity index (χ3v) is 1.22. The zero-order valence-electron chi connectivity index (χ0n) is 10.4. The van der Waals surface area contributed by atoms with E-state index in [1.165, 1.54) is 0 Å². The maximum atomic E-state index is 9.19. The predicted molar refractivity (Wildman–Crippen MR) is 64.1 cm³/mol.